The van der Waals surface area contributed by atoms with Crippen molar-refractivity contribution in [1.82, 2.24) is 9.55 Å². The van der Waals surface area contributed by atoms with Crippen LogP contribution in [0.15, 0.2) is 18.2 Å². The zero-order valence-electron chi connectivity index (χ0n) is 11.3. The molecule has 3 rings (SSSR count). The lowest BCUT2D eigenvalue weighted by atomic mass is 10.2. The Kier molecular flexibility index (Phi) is 3.50. The van der Waals surface area contributed by atoms with Gasteiger partial charge >= 0.3 is 0 Å². The summed E-state index contributed by atoms with van der Waals surface area (Å²) < 4.78 is 25.6. The van der Waals surface area contributed by atoms with E-state index in [2.05, 4.69) is 9.55 Å². The zero-order valence-corrected chi connectivity index (χ0v) is 12.9. The van der Waals surface area contributed by atoms with Crippen LogP contribution in [0.25, 0.3) is 11.0 Å². The molecular formula is C14H17ClN2O2S. The molecule has 1 unspecified atom stereocenters. The number of halogens is 1. The molecular weight excluding hydrogens is 296 g/mol. The maximum Gasteiger partial charge on any atom is 0.152 e. The van der Waals surface area contributed by atoms with Gasteiger partial charge in [-0.2, -0.15) is 0 Å². The van der Waals surface area contributed by atoms with Gasteiger partial charge in [-0.3, -0.25) is 0 Å². The molecule has 0 aliphatic carbocycles. The monoisotopic (exact) mass is 312 g/mol. The van der Waals surface area contributed by atoms with Crippen LogP contribution in [-0.2, 0) is 16.3 Å². The minimum absolute atomic E-state index is 0.00989. The van der Waals surface area contributed by atoms with Gasteiger partial charge in [-0.1, -0.05) is 12.1 Å². The summed E-state index contributed by atoms with van der Waals surface area (Å²) in [5, 5.41) is 0. The predicted octanol–water partition coefficient (Wildman–Crippen LogP) is 2.49. The summed E-state index contributed by atoms with van der Waals surface area (Å²) in [6, 6.07) is 5.98. The van der Waals surface area contributed by atoms with Crippen LogP contribution in [-0.4, -0.2) is 35.4 Å². The highest BCUT2D eigenvalue weighted by Gasteiger charge is 2.31. The minimum atomic E-state index is -2.92. The third kappa shape index (κ3) is 2.33. The van der Waals surface area contributed by atoms with Gasteiger partial charge in [0.1, 0.15) is 5.82 Å². The molecule has 20 heavy (non-hydrogen) atoms. The van der Waals surface area contributed by atoms with E-state index in [1.165, 1.54) is 0 Å². The average molecular weight is 313 g/mol. The Balaban J connectivity index is 2.19. The van der Waals surface area contributed by atoms with Gasteiger partial charge in [0, 0.05) is 12.3 Å². The van der Waals surface area contributed by atoms with Crippen LogP contribution >= 0.6 is 11.6 Å². The van der Waals surface area contributed by atoms with Gasteiger partial charge in [0.2, 0.25) is 0 Å². The third-order valence-electron chi connectivity index (χ3n) is 3.88. The Morgan fingerprint density at radius 3 is 2.90 bits per heavy atom. The highest BCUT2D eigenvalue weighted by molar-refractivity contribution is 7.91. The van der Waals surface area contributed by atoms with Crippen LogP contribution < -0.4 is 0 Å². The van der Waals surface area contributed by atoms with Crippen molar-refractivity contribution >= 4 is 32.5 Å². The Morgan fingerprint density at radius 2 is 2.25 bits per heavy atom. The van der Waals surface area contributed by atoms with Gasteiger partial charge in [0.25, 0.3) is 0 Å². The summed E-state index contributed by atoms with van der Waals surface area (Å²) in [4.78, 5) is 4.64. The highest BCUT2D eigenvalue weighted by atomic mass is 35.5. The van der Waals surface area contributed by atoms with Crippen molar-refractivity contribution in [2.45, 2.75) is 25.8 Å². The quantitative estimate of drug-likeness (QED) is 0.818. The second kappa shape index (κ2) is 5.04. The van der Waals surface area contributed by atoms with Gasteiger partial charge < -0.3 is 4.57 Å². The lowest BCUT2D eigenvalue weighted by Crippen LogP contribution is -2.14. The fourth-order valence-corrected chi connectivity index (χ4v) is 4.87. The summed E-state index contributed by atoms with van der Waals surface area (Å²) in [6.45, 7) is 2.04. The normalized spacial score (nSPS) is 21.6. The number of benzene rings is 1. The molecule has 0 N–H and O–H groups in total. The number of aryl methyl sites for hydroxylation is 2. The van der Waals surface area contributed by atoms with Crippen molar-refractivity contribution in [3.05, 3.63) is 29.6 Å². The molecule has 2 heterocycles. The summed E-state index contributed by atoms with van der Waals surface area (Å²) in [6.07, 6.45) is 1.32. The first-order valence-electron chi connectivity index (χ1n) is 6.74. The number of rotatable bonds is 3. The molecule has 1 fully saturated rings. The number of hydrogen-bond acceptors (Lipinski definition) is 3. The lowest BCUT2D eigenvalue weighted by molar-refractivity contribution is 0.547. The van der Waals surface area contributed by atoms with Gasteiger partial charge in [0.05, 0.1) is 28.6 Å². The van der Waals surface area contributed by atoms with Crippen LogP contribution in [0.1, 0.15) is 23.9 Å². The molecule has 1 aliphatic rings. The molecule has 6 heteroatoms. The van der Waals surface area contributed by atoms with Crippen molar-refractivity contribution in [3.63, 3.8) is 0 Å². The molecule has 4 nitrogen and oxygen atoms in total. The number of hydrogen-bond donors (Lipinski definition) is 0. The standard InChI is InChI=1S/C14H17ClN2O2S/c1-10-3-2-4-12-14(10)17(13(16-12)5-7-15)11-6-8-20(18,19)9-11/h2-4,11H,5-9H2,1H3. The first-order valence-corrected chi connectivity index (χ1v) is 9.10. The SMILES string of the molecule is Cc1cccc2nc(CCCl)n(C3CCS(=O)(=O)C3)c12. The molecule has 0 spiro atoms. The Bertz CT molecular complexity index is 752. The largest absolute Gasteiger partial charge is 0.324 e. The molecule has 1 aromatic carbocycles. The fraction of sp³-hybridized carbons (Fsp3) is 0.500. The third-order valence-corrected chi connectivity index (χ3v) is 5.82. The first-order chi connectivity index (χ1) is 9.52. The van der Waals surface area contributed by atoms with E-state index in [0.717, 1.165) is 22.4 Å². The maximum atomic E-state index is 11.8. The predicted molar refractivity (Wildman–Crippen MR) is 81.2 cm³/mol. The second-order valence-electron chi connectivity index (χ2n) is 5.34. The van der Waals surface area contributed by atoms with Gasteiger partial charge in [-0.05, 0) is 25.0 Å². The van der Waals surface area contributed by atoms with Crippen molar-refractivity contribution in [1.29, 1.82) is 0 Å². The molecule has 108 valence electrons. The first kappa shape index (κ1) is 13.9. The Labute approximate surface area is 123 Å². The number of nitrogens with zero attached hydrogens (tertiary/aromatic N) is 2. The molecule has 1 aliphatic heterocycles. The molecule has 1 saturated heterocycles. The van der Waals surface area contributed by atoms with Crippen molar-refractivity contribution in [2.24, 2.45) is 0 Å². The lowest BCUT2D eigenvalue weighted by Gasteiger charge is -2.16. The van der Waals surface area contributed by atoms with E-state index in [9.17, 15) is 8.42 Å². The van der Waals surface area contributed by atoms with E-state index in [1.54, 1.807) is 0 Å². The Morgan fingerprint density at radius 1 is 1.45 bits per heavy atom. The molecule has 0 saturated carbocycles. The summed E-state index contributed by atoms with van der Waals surface area (Å²) in [7, 11) is -2.92. The van der Waals surface area contributed by atoms with Crippen molar-refractivity contribution in [3.8, 4) is 0 Å². The summed E-state index contributed by atoms with van der Waals surface area (Å²) >= 11 is 5.87. The van der Waals surface area contributed by atoms with E-state index in [-0.39, 0.29) is 17.5 Å². The number of fused-ring (bicyclic) bond motifs is 1. The Hall–Kier alpha value is -1.07. The van der Waals surface area contributed by atoms with E-state index < -0.39 is 9.84 Å². The van der Waals surface area contributed by atoms with E-state index in [4.69, 9.17) is 11.6 Å². The second-order valence-corrected chi connectivity index (χ2v) is 7.94. The van der Waals surface area contributed by atoms with Crippen LogP contribution in [0.4, 0.5) is 0 Å². The smallest absolute Gasteiger partial charge is 0.152 e. The number of sulfone groups is 1. The molecule has 0 amide bonds. The molecule has 2 aromatic rings. The topological polar surface area (TPSA) is 52.0 Å². The van der Waals surface area contributed by atoms with E-state index >= 15 is 0 Å². The number of imidazole rings is 1. The highest BCUT2D eigenvalue weighted by Crippen LogP contribution is 2.31. The molecule has 1 aromatic heterocycles. The molecule has 0 bridgehead atoms. The minimum Gasteiger partial charge on any atom is -0.324 e. The average Bonchev–Trinajstić information content (AvgIpc) is 2.91. The summed E-state index contributed by atoms with van der Waals surface area (Å²) in [5.74, 6) is 1.86. The van der Waals surface area contributed by atoms with Crippen LogP contribution in [0.5, 0.6) is 0 Å². The number of alkyl halides is 1. The van der Waals surface area contributed by atoms with Crippen molar-refractivity contribution < 1.29 is 8.42 Å². The van der Waals surface area contributed by atoms with Crippen LogP contribution in [0.3, 0.4) is 0 Å². The van der Waals surface area contributed by atoms with Gasteiger partial charge in [-0.15, -0.1) is 11.6 Å². The zero-order chi connectivity index (χ0) is 14.3. The van der Waals surface area contributed by atoms with Gasteiger partial charge in [-0.25, -0.2) is 13.4 Å². The van der Waals surface area contributed by atoms with Gasteiger partial charge in [0.15, 0.2) is 9.84 Å². The van der Waals surface area contributed by atoms with E-state index in [1.807, 2.05) is 25.1 Å². The fourth-order valence-electron chi connectivity index (χ4n) is 3.00. The molecule has 1 atom stereocenters. The van der Waals surface area contributed by atoms with E-state index in [0.29, 0.717) is 18.7 Å². The van der Waals surface area contributed by atoms with Crippen LogP contribution in [0, 0.1) is 6.92 Å². The van der Waals surface area contributed by atoms with Crippen LogP contribution in [0.2, 0.25) is 0 Å². The number of aromatic nitrogens is 2. The molecule has 0 radical (unpaired) electrons. The number of para-hydroxylation sites is 1. The maximum absolute atomic E-state index is 11.8. The summed E-state index contributed by atoms with van der Waals surface area (Å²) in [5.41, 5.74) is 3.10. The van der Waals surface area contributed by atoms with Crippen molar-refractivity contribution in [2.75, 3.05) is 17.4 Å².